The zero-order valence-corrected chi connectivity index (χ0v) is 30.2. The third kappa shape index (κ3) is 9.88. The monoisotopic (exact) mass is 748 g/mol. The Morgan fingerprint density at radius 3 is 2.24 bits per heavy atom. The molecule has 1 aliphatic carbocycles. The molecule has 4 rings (SSSR count). The number of rotatable bonds is 16. The van der Waals surface area contributed by atoms with Crippen molar-refractivity contribution in [1.82, 2.24) is 13.5 Å². The number of benzene rings is 2. The lowest BCUT2D eigenvalue weighted by molar-refractivity contribution is -0.134. The highest BCUT2D eigenvalue weighted by molar-refractivity contribution is 7.88. The molecule has 2 fully saturated rings. The van der Waals surface area contributed by atoms with Gasteiger partial charge in [0.15, 0.2) is 0 Å². The van der Waals surface area contributed by atoms with Crippen LogP contribution in [0.4, 0.5) is 13.2 Å². The van der Waals surface area contributed by atoms with E-state index in [1.807, 2.05) is 12.1 Å². The molecule has 2 aliphatic rings. The van der Waals surface area contributed by atoms with Crippen molar-refractivity contribution in [1.29, 1.82) is 0 Å². The van der Waals surface area contributed by atoms with Gasteiger partial charge in [0, 0.05) is 33.6 Å². The van der Waals surface area contributed by atoms with Gasteiger partial charge in [0.2, 0.25) is 5.91 Å². The Morgan fingerprint density at radius 1 is 0.960 bits per heavy atom. The predicted octanol–water partition coefficient (Wildman–Crippen LogP) is 4.37. The summed E-state index contributed by atoms with van der Waals surface area (Å²) in [5, 5.41) is 0. The molecule has 2 aromatic carbocycles. The van der Waals surface area contributed by atoms with E-state index in [1.165, 1.54) is 34.8 Å². The van der Waals surface area contributed by atoms with Crippen LogP contribution in [0.3, 0.4) is 0 Å². The quantitative estimate of drug-likeness (QED) is 0.150. The average Bonchev–Trinajstić information content (AvgIpc) is 3.49. The van der Waals surface area contributed by atoms with Gasteiger partial charge in [-0.05, 0) is 92.8 Å². The summed E-state index contributed by atoms with van der Waals surface area (Å²) in [6.45, 7) is 1.03. The largest absolute Gasteiger partial charge is 0.534 e. The molecule has 0 spiro atoms. The van der Waals surface area contributed by atoms with Crippen LogP contribution in [-0.4, -0.2) is 101 Å². The van der Waals surface area contributed by atoms with Crippen molar-refractivity contribution >= 4 is 26.2 Å². The van der Waals surface area contributed by atoms with E-state index in [0.29, 0.717) is 69.3 Å². The second-order valence-corrected chi connectivity index (χ2v) is 16.4. The molecule has 1 amide bonds. The summed E-state index contributed by atoms with van der Waals surface area (Å²) in [6.07, 6.45) is 4.27. The third-order valence-corrected chi connectivity index (χ3v) is 12.2. The molecule has 1 saturated carbocycles. The van der Waals surface area contributed by atoms with Gasteiger partial charge in [0.05, 0.1) is 31.9 Å². The molecule has 17 heteroatoms. The highest BCUT2D eigenvalue weighted by Gasteiger charge is 2.49. The van der Waals surface area contributed by atoms with Gasteiger partial charge in [-0.25, -0.2) is 0 Å². The second kappa shape index (κ2) is 17.0. The average molecular weight is 749 g/mol. The van der Waals surface area contributed by atoms with Gasteiger partial charge in [-0.2, -0.15) is 38.6 Å². The van der Waals surface area contributed by atoms with E-state index in [1.54, 1.807) is 30.2 Å². The molecule has 1 aliphatic heterocycles. The fourth-order valence-electron chi connectivity index (χ4n) is 6.53. The molecule has 1 heterocycles. The zero-order valence-electron chi connectivity index (χ0n) is 28.5. The van der Waals surface area contributed by atoms with Gasteiger partial charge in [-0.1, -0.05) is 24.3 Å². The first-order chi connectivity index (χ1) is 23.6. The lowest BCUT2D eigenvalue weighted by Gasteiger charge is -2.37. The highest BCUT2D eigenvalue weighted by atomic mass is 32.2. The van der Waals surface area contributed by atoms with E-state index < -0.39 is 43.7 Å². The molecular weight excluding hydrogens is 702 g/mol. The van der Waals surface area contributed by atoms with Gasteiger partial charge in [-0.3, -0.25) is 4.79 Å². The molecule has 2 N–H and O–H groups in total. The number of ether oxygens (including phenoxy) is 2. The fraction of sp³-hybridized carbons (Fsp3) is 0.606. The minimum absolute atomic E-state index is 0.0583. The number of alkyl halides is 3. The predicted molar refractivity (Wildman–Crippen MR) is 181 cm³/mol. The molecule has 0 radical (unpaired) electrons. The Bertz CT molecular complexity index is 1630. The number of amides is 1. The number of nitrogens with two attached hydrogens (primary N) is 1. The van der Waals surface area contributed by atoms with Gasteiger partial charge < -0.3 is 24.3 Å². The van der Waals surface area contributed by atoms with E-state index in [2.05, 4.69) is 4.18 Å². The smallest absolute Gasteiger partial charge is 0.497 e. The normalized spacial score (nSPS) is 21.9. The number of carbonyl (C=O) groups excluding carboxylic acids is 1. The van der Waals surface area contributed by atoms with Crippen LogP contribution in [0.1, 0.15) is 68.4 Å². The Kier molecular flexibility index (Phi) is 13.6. The van der Waals surface area contributed by atoms with E-state index in [9.17, 15) is 34.8 Å². The van der Waals surface area contributed by atoms with E-state index in [0.717, 1.165) is 11.6 Å². The van der Waals surface area contributed by atoms with Crippen LogP contribution in [0.5, 0.6) is 11.5 Å². The molecule has 0 bridgehead atoms. The number of carbonyl (C=O) groups is 1. The van der Waals surface area contributed by atoms with Crippen LogP contribution in [0.25, 0.3) is 0 Å². The lowest BCUT2D eigenvalue weighted by Crippen LogP contribution is -2.53. The zero-order chi connectivity index (χ0) is 36.7. The first-order valence-electron chi connectivity index (χ1n) is 16.6. The molecule has 280 valence electrons. The van der Waals surface area contributed by atoms with Crippen LogP contribution in [0.15, 0.2) is 48.5 Å². The number of likely N-dealkylation sites (tertiary alicyclic amines) is 1. The number of nitrogens with zero attached hydrogens (tertiary/aromatic N) is 3. The summed E-state index contributed by atoms with van der Waals surface area (Å²) in [7, 11) is -5.22. The van der Waals surface area contributed by atoms with Crippen molar-refractivity contribution in [3.63, 3.8) is 0 Å². The van der Waals surface area contributed by atoms with Crippen molar-refractivity contribution in [2.75, 3.05) is 40.9 Å². The number of halogens is 3. The molecule has 0 unspecified atom stereocenters. The van der Waals surface area contributed by atoms with Crippen LogP contribution in [-0.2, 0) is 36.4 Å². The minimum Gasteiger partial charge on any atom is -0.497 e. The maximum Gasteiger partial charge on any atom is 0.534 e. The van der Waals surface area contributed by atoms with Crippen LogP contribution in [0.2, 0.25) is 0 Å². The van der Waals surface area contributed by atoms with E-state index in [-0.39, 0.29) is 37.5 Å². The molecule has 2 atom stereocenters. The number of hydrogen-bond donors (Lipinski definition) is 1. The van der Waals surface area contributed by atoms with Gasteiger partial charge in [0.1, 0.15) is 11.5 Å². The van der Waals surface area contributed by atoms with E-state index >= 15 is 0 Å². The SMILES string of the molecule is COc1ccc(CN([C@H]2CCN(C(=O)CCCCN)[C@H]2COC2CCC(c3cccc(OS(=O)(=O)C(F)(F)F)c3)CC2)S(=O)(=O)N(C)C)cc1. The maximum atomic E-state index is 13.8. The number of unbranched alkanes of at least 4 members (excludes halogenated alkanes) is 1. The summed E-state index contributed by atoms with van der Waals surface area (Å²) in [5.74, 6) is 0.0903. The summed E-state index contributed by atoms with van der Waals surface area (Å²) in [6, 6.07) is 11.7. The van der Waals surface area contributed by atoms with Crippen molar-refractivity contribution in [3.8, 4) is 11.5 Å². The molecule has 0 aromatic heterocycles. The topological polar surface area (TPSA) is 149 Å². The standard InChI is InChI=1S/C33H47F3N4O8S2/c1-38(2)50(44,45)40(22-24-10-14-27(46-3)15-11-24)30-18-20-39(32(41)9-4-5-19-37)31(30)23-47-28-16-12-25(13-17-28)26-7-6-8-29(21-26)48-49(42,43)33(34,35)36/h6-8,10-11,14-15,21,25,28,30-31H,4-5,9,12-13,16-20,22-23,37H2,1-3H3/t25?,28?,30-,31-/m0/s1. The Labute approximate surface area is 292 Å². The molecule has 50 heavy (non-hydrogen) atoms. The Balaban J connectivity index is 1.49. The number of hydrogen-bond acceptors (Lipinski definition) is 9. The summed E-state index contributed by atoms with van der Waals surface area (Å²) < 4.78 is 108. The van der Waals surface area contributed by atoms with Crippen LogP contribution < -0.4 is 14.7 Å². The van der Waals surface area contributed by atoms with E-state index in [4.69, 9.17) is 15.2 Å². The Hall–Kier alpha value is -2.96. The molecule has 2 aromatic rings. The first-order valence-corrected chi connectivity index (χ1v) is 19.4. The van der Waals surface area contributed by atoms with Crippen molar-refractivity contribution < 1.29 is 48.5 Å². The Morgan fingerprint density at radius 2 is 1.64 bits per heavy atom. The van der Waals surface area contributed by atoms with Crippen molar-refractivity contribution in [3.05, 3.63) is 59.7 Å². The fourth-order valence-corrected chi connectivity index (χ4v) is 8.30. The maximum absolute atomic E-state index is 13.8. The number of methoxy groups -OCH3 is 1. The lowest BCUT2D eigenvalue weighted by atomic mass is 9.82. The van der Waals surface area contributed by atoms with Gasteiger partial charge in [0.25, 0.3) is 10.2 Å². The van der Waals surface area contributed by atoms with Gasteiger partial charge in [-0.15, -0.1) is 0 Å². The second-order valence-electron chi connectivity index (χ2n) is 12.8. The highest BCUT2D eigenvalue weighted by Crippen LogP contribution is 2.37. The third-order valence-electron chi connectivity index (χ3n) is 9.30. The molecule has 12 nitrogen and oxygen atoms in total. The van der Waals surface area contributed by atoms with Crippen molar-refractivity contribution in [2.45, 2.75) is 87.5 Å². The summed E-state index contributed by atoms with van der Waals surface area (Å²) in [5.41, 5.74) is 1.53. The van der Waals surface area contributed by atoms with Crippen LogP contribution in [0, 0.1) is 0 Å². The summed E-state index contributed by atoms with van der Waals surface area (Å²) in [4.78, 5) is 15.2. The molecule has 1 saturated heterocycles. The van der Waals surface area contributed by atoms with Crippen LogP contribution >= 0.6 is 0 Å². The minimum atomic E-state index is -5.79. The molecular formula is C33H47F3N4O8S2. The summed E-state index contributed by atoms with van der Waals surface area (Å²) >= 11 is 0. The van der Waals surface area contributed by atoms with Crippen molar-refractivity contribution in [2.24, 2.45) is 5.73 Å². The first kappa shape index (κ1) is 39.8. The van der Waals surface area contributed by atoms with Gasteiger partial charge >= 0.3 is 15.6 Å².